The van der Waals surface area contributed by atoms with E-state index in [1.54, 1.807) is 12.1 Å². The van der Waals surface area contributed by atoms with Gasteiger partial charge in [-0.2, -0.15) is 13.2 Å². The van der Waals surface area contributed by atoms with Gasteiger partial charge < -0.3 is 10.4 Å². The molecular formula is C28H25F4NO2. The Morgan fingerprint density at radius 1 is 1.03 bits per heavy atom. The molecular weight excluding hydrogens is 458 g/mol. The average Bonchev–Trinajstić information content (AvgIpc) is 3.08. The van der Waals surface area contributed by atoms with Crippen LogP contribution in [0.3, 0.4) is 0 Å². The average molecular weight is 484 g/mol. The lowest BCUT2D eigenvalue weighted by molar-refractivity contribution is -0.137. The van der Waals surface area contributed by atoms with Crippen molar-refractivity contribution in [2.24, 2.45) is 0 Å². The number of halogens is 4. The van der Waals surface area contributed by atoms with Gasteiger partial charge in [-0.25, -0.2) is 4.39 Å². The van der Waals surface area contributed by atoms with E-state index in [1.165, 1.54) is 36.4 Å². The predicted octanol–water partition coefficient (Wildman–Crippen LogP) is 6.27. The van der Waals surface area contributed by atoms with E-state index >= 15 is 0 Å². The molecule has 4 rings (SSSR count). The van der Waals surface area contributed by atoms with Crippen molar-refractivity contribution in [1.82, 2.24) is 5.32 Å². The Bertz CT molecular complexity index is 1220. The molecule has 0 aromatic heterocycles. The molecule has 7 heteroatoms. The first kappa shape index (κ1) is 24.7. The summed E-state index contributed by atoms with van der Waals surface area (Å²) in [6.07, 6.45) is 0.959. The third-order valence-electron chi connectivity index (χ3n) is 6.17. The molecule has 2 unspecified atom stereocenters. The van der Waals surface area contributed by atoms with Crippen LogP contribution in [0.5, 0.6) is 0 Å². The molecule has 0 aliphatic heterocycles. The highest BCUT2D eigenvalue weighted by Gasteiger charge is 2.30. The number of hydrogen-bond acceptors (Lipinski definition) is 2. The van der Waals surface area contributed by atoms with Crippen molar-refractivity contribution in [3.63, 3.8) is 0 Å². The molecule has 1 amide bonds. The maximum absolute atomic E-state index is 13.8. The van der Waals surface area contributed by atoms with E-state index in [0.717, 1.165) is 42.5 Å². The number of carbonyl (C=O) groups excluding carboxylic acids is 1. The van der Waals surface area contributed by atoms with Gasteiger partial charge in [0.1, 0.15) is 5.82 Å². The van der Waals surface area contributed by atoms with Gasteiger partial charge in [-0.3, -0.25) is 4.79 Å². The van der Waals surface area contributed by atoms with E-state index in [1.807, 2.05) is 18.2 Å². The smallest absolute Gasteiger partial charge is 0.386 e. The van der Waals surface area contributed by atoms with E-state index in [4.69, 9.17) is 0 Å². The summed E-state index contributed by atoms with van der Waals surface area (Å²) in [7, 11) is 0. The molecule has 182 valence electrons. The van der Waals surface area contributed by atoms with Gasteiger partial charge in [0.2, 0.25) is 0 Å². The molecule has 0 heterocycles. The Morgan fingerprint density at radius 3 is 2.49 bits per heavy atom. The summed E-state index contributed by atoms with van der Waals surface area (Å²) >= 11 is 0. The third-order valence-corrected chi connectivity index (χ3v) is 6.17. The number of fused-ring (bicyclic) bond motifs is 1. The molecule has 3 nitrogen and oxygen atoms in total. The molecule has 1 aliphatic carbocycles. The molecule has 0 saturated heterocycles. The zero-order valence-electron chi connectivity index (χ0n) is 18.9. The fourth-order valence-electron chi connectivity index (χ4n) is 4.33. The number of alkyl halides is 3. The highest BCUT2D eigenvalue weighted by molar-refractivity contribution is 5.98. The zero-order chi connectivity index (χ0) is 25.0. The normalized spacial score (nSPS) is 15.1. The van der Waals surface area contributed by atoms with Crippen molar-refractivity contribution in [2.75, 3.05) is 0 Å². The van der Waals surface area contributed by atoms with Crippen LogP contribution >= 0.6 is 0 Å². The van der Waals surface area contributed by atoms with Crippen LogP contribution in [0.25, 0.3) is 6.08 Å². The van der Waals surface area contributed by atoms with Gasteiger partial charge in [-0.15, -0.1) is 0 Å². The number of hydrogen-bond donors (Lipinski definition) is 2. The fourth-order valence-corrected chi connectivity index (χ4v) is 4.33. The predicted molar refractivity (Wildman–Crippen MR) is 126 cm³/mol. The summed E-state index contributed by atoms with van der Waals surface area (Å²) in [4.78, 5) is 13.3. The molecule has 0 fully saturated rings. The molecule has 3 aromatic carbocycles. The van der Waals surface area contributed by atoms with E-state index in [0.29, 0.717) is 11.1 Å². The van der Waals surface area contributed by atoms with Crippen LogP contribution in [0.2, 0.25) is 0 Å². The van der Waals surface area contributed by atoms with Gasteiger partial charge in [0.25, 0.3) is 5.91 Å². The van der Waals surface area contributed by atoms with Crippen molar-refractivity contribution < 1.29 is 27.5 Å². The van der Waals surface area contributed by atoms with Gasteiger partial charge in [-0.1, -0.05) is 48.6 Å². The molecule has 0 spiro atoms. The lowest BCUT2D eigenvalue weighted by Gasteiger charge is -2.25. The van der Waals surface area contributed by atoms with Crippen molar-refractivity contribution in [2.45, 2.75) is 44.0 Å². The van der Waals surface area contributed by atoms with Gasteiger partial charge in [0.15, 0.2) is 0 Å². The molecule has 2 N–H and O–H groups in total. The Balaban J connectivity index is 1.64. The van der Waals surface area contributed by atoms with E-state index < -0.39 is 35.6 Å². The molecule has 35 heavy (non-hydrogen) atoms. The highest BCUT2D eigenvalue weighted by Crippen LogP contribution is 2.30. The van der Waals surface area contributed by atoms with Crippen LogP contribution in [0.15, 0.2) is 72.8 Å². The first-order valence-corrected chi connectivity index (χ1v) is 11.4. The van der Waals surface area contributed by atoms with Gasteiger partial charge >= 0.3 is 6.18 Å². The van der Waals surface area contributed by atoms with E-state index in [-0.39, 0.29) is 12.0 Å². The maximum atomic E-state index is 13.8. The Labute approximate surface area is 201 Å². The fraction of sp³-hybridized carbons (Fsp3) is 0.250. The molecule has 0 saturated carbocycles. The molecule has 2 atom stereocenters. The second kappa shape index (κ2) is 10.4. The number of aryl methyl sites for hydroxylation is 1. The minimum Gasteiger partial charge on any atom is -0.386 e. The maximum Gasteiger partial charge on any atom is 0.416 e. The number of nitrogens with one attached hydrogen (secondary N) is 1. The van der Waals surface area contributed by atoms with E-state index in [2.05, 4.69) is 5.32 Å². The molecule has 0 radical (unpaired) electrons. The van der Waals surface area contributed by atoms with E-state index in [9.17, 15) is 27.5 Å². The summed E-state index contributed by atoms with van der Waals surface area (Å²) in [6.45, 7) is 0. The Morgan fingerprint density at radius 2 is 1.77 bits per heavy atom. The SMILES string of the molecule is O=C(NC(Cc1ccc(C(F)(F)F)cc1)C(O)c1cccc(F)c1)c1cccc2c1C=CCCC2. The number of aliphatic hydroxyl groups is 1. The van der Waals surface area contributed by atoms with Gasteiger partial charge in [-0.05, 0) is 78.3 Å². The number of rotatable bonds is 6. The summed E-state index contributed by atoms with van der Waals surface area (Å²) in [5.74, 6) is -0.958. The number of benzene rings is 3. The zero-order valence-corrected chi connectivity index (χ0v) is 18.9. The van der Waals surface area contributed by atoms with Crippen LogP contribution in [0.4, 0.5) is 17.6 Å². The summed E-state index contributed by atoms with van der Waals surface area (Å²) in [5.41, 5.74) is 2.28. The molecule has 0 bridgehead atoms. The number of aliphatic hydroxyl groups excluding tert-OH is 1. The standard InChI is InChI=1S/C28H25F4NO2/c29-22-9-4-8-20(17-22)26(34)25(16-18-12-14-21(15-13-18)28(30,31)32)33-27(35)24-11-5-7-19-6-2-1-3-10-23(19)24/h3-5,7-15,17,25-26,34H,1-2,6,16H2,(H,33,35). The van der Waals surface area contributed by atoms with Crippen molar-refractivity contribution in [3.05, 3.63) is 112 Å². The Kier molecular flexibility index (Phi) is 7.36. The molecule has 3 aromatic rings. The summed E-state index contributed by atoms with van der Waals surface area (Å²) < 4.78 is 52.7. The van der Waals surface area contributed by atoms with Crippen LogP contribution in [0, 0.1) is 5.82 Å². The van der Waals surface area contributed by atoms with Crippen molar-refractivity contribution in [3.8, 4) is 0 Å². The Hall–Kier alpha value is -3.45. The van der Waals surface area contributed by atoms with Crippen LogP contribution in [-0.4, -0.2) is 17.1 Å². The number of carbonyl (C=O) groups is 1. The highest BCUT2D eigenvalue weighted by atomic mass is 19.4. The minimum atomic E-state index is -4.47. The molecule has 1 aliphatic rings. The number of amides is 1. The second-order valence-electron chi connectivity index (χ2n) is 8.65. The number of allylic oxidation sites excluding steroid dienone is 1. The quantitative estimate of drug-likeness (QED) is 0.406. The first-order chi connectivity index (χ1) is 16.7. The topological polar surface area (TPSA) is 49.3 Å². The van der Waals surface area contributed by atoms with Crippen molar-refractivity contribution in [1.29, 1.82) is 0 Å². The minimum absolute atomic E-state index is 0.0480. The lowest BCUT2D eigenvalue weighted by atomic mass is 9.94. The van der Waals surface area contributed by atoms with Gasteiger partial charge in [0.05, 0.1) is 17.7 Å². The van der Waals surface area contributed by atoms with Gasteiger partial charge in [0, 0.05) is 5.56 Å². The summed E-state index contributed by atoms with van der Waals surface area (Å²) in [5, 5.41) is 13.9. The largest absolute Gasteiger partial charge is 0.416 e. The van der Waals surface area contributed by atoms with Crippen LogP contribution < -0.4 is 5.32 Å². The monoisotopic (exact) mass is 483 g/mol. The lowest BCUT2D eigenvalue weighted by Crippen LogP contribution is -2.41. The van der Waals surface area contributed by atoms with Crippen LogP contribution in [-0.2, 0) is 19.0 Å². The summed E-state index contributed by atoms with van der Waals surface area (Å²) in [6, 6.07) is 14.5. The van der Waals surface area contributed by atoms with Crippen LogP contribution in [0.1, 0.15) is 57.1 Å². The first-order valence-electron chi connectivity index (χ1n) is 11.4. The van der Waals surface area contributed by atoms with Crippen molar-refractivity contribution >= 4 is 12.0 Å². The third kappa shape index (κ3) is 5.98. The second-order valence-corrected chi connectivity index (χ2v) is 8.65.